The van der Waals surface area contributed by atoms with E-state index in [0.29, 0.717) is 36.8 Å². The van der Waals surface area contributed by atoms with Crippen LogP contribution in [0.25, 0.3) is 0 Å². The zero-order valence-corrected chi connectivity index (χ0v) is 14.3. The second-order valence-corrected chi connectivity index (χ2v) is 6.97. The number of fused-ring (bicyclic) bond motifs is 1. The zero-order valence-electron chi connectivity index (χ0n) is 13.5. The topological polar surface area (TPSA) is 78.9 Å². The molecule has 1 aromatic rings. The number of carboxylic acids is 1. The number of urea groups is 1. The lowest BCUT2D eigenvalue weighted by molar-refractivity contribution is -0.149. The van der Waals surface area contributed by atoms with Crippen LogP contribution in [0.1, 0.15) is 24.8 Å². The van der Waals surface area contributed by atoms with Crippen molar-refractivity contribution in [1.82, 2.24) is 10.2 Å². The van der Waals surface area contributed by atoms with Gasteiger partial charge in [-0.05, 0) is 36.5 Å². The summed E-state index contributed by atoms with van der Waals surface area (Å²) >= 11 is 6.08. The van der Waals surface area contributed by atoms with Crippen molar-refractivity contribution in [3.05, 3.63) is 28.8 Å². The molecule has 1 heterocycles. The molecular formula is C17H21ClN2O4. The Kier molecular flexibility index (Phi) is 4.58. The largest absolute Gasteiger partial charge is 0.495 e. The number of nitrogens with zero attached hydrogens (tertiary/aromatic N) is 1. The van der Waals surface area contributed by atoms with Crippen LogP contribution in [0.3, 0.4) is 0 Å². The summed E-state index contributed by atoms with van der Waals surface area (Å²) in [6, 6.07) is 5.11. The fourth-order valence-corrected chi connectivity index (χ4v) is 4.18. The van der Waals surface area contributed by atoms with E-state index < -0.39 is 11.4 Å². The van der Waals surface area contributed by atoms with E-state index >= 15 is 0 Å². The molecule has 1 saturated heterocycles. The normalized spacial score (nSPS) is 25.4. The van der Waals surface area contributed by atoms with Gasteiger partial charge in [0.05, 0.1) is 17.5 Å². The first-order chi connectivity index (χ1) is 11.5. The van der Waals surface area contributed by atoms with E-state index in [-0.39, 0.29) is 11.9 Å². The Balaban J connectivity index is 1.60. The number of carbonyl (C=O) groups excluding carboxylic acids is 1. The molecule has 2 aliphatic rings. The number of halogens is 1. The smallest absolute Gasteiger partial charge is 0.317 e. The van der Waals surface area contributed by atoms with Crippen molar-refractivity contribution in [2.75, 3.05) is 20.2 Å². The Morgan fingerprint density at radius 3 is 2.92 bits per heavy atom. The van der Waals surface area contributed by atoms with E-state index in [1.165, 1.54) is 0 Å². The van der Waals surface area contributed by atoms with Crippen molar-refractivity contribution in [3.63, 3.8) is 0 Å². The van der Waals surface area contributed by atoms with E-state index in [1.807, 2.05) is 6.07 Å². The molecule has 0 unspecified atom stereocenters. The molecular weight excluding hydrogens is 332 g/mol. The van der Waals surface area contributed by atoms with Crippen LogP contribution in [-0.2, 0) is 11.3 Å². The summed E-state index contributed by atoms with van der Waals surface area (Å²) in [6.45, 7) is 1.15. The number of carbonyl (C=O) groups is 2. The van der Waals surface area contributed by atoms with E-state index in [0.717, 1.165) is 18.4 Å². The minimum Gasteiger partial charge on any atom is -0.495 e. The fourth-order valence-electron chi connectivity index (χ4n) is 3.90. The SMILES string of the molecule is COc1ccc(CNC(=O)N2C[C@@H]3CCC[C@@]3(C(=O)O)C2)cc1Cl. The van der Waals surface area contributed by atoms with Gasteiger partial charge in [-0.25, -0.2) is 4.79 Å². The standard InChI is InChI=1S/C17H21ClN2O4/c1-24-14-5-4-11(7-13(14)18)8-19-16(23)20-9-12-3-2-6-17(12,10-20)15(21)22/h4-5,7,12H,2-3,6,8-10H2,1H3,(H,19,23)(H,21,22)/t12-,17+/m0/s1. The first-order valence-corrected chi connectivity index (χ1v) is 8.42. The average Bonchev–Trinajstić information content (AvgIpc) is 3.11. The monoisotopic (exact) mass is 352 g/mol. The van der Waals surface area contributed by atoms with Crippen LogP contribution in [0.2, 0.25) is 5.02 Å². The molecule has 1 aliphatic heterocycles. The van der Waals surface area contributed by atoms with Gasteiger partial charge < -0.3 is 20.1 Å². The predicted molar refractivity (Wildman–Crippen MR) is 89.2 cm³/mol. The molecule has 130 valence electrons. The number of hydrogen-bond acceptors (Lipinski definition) is 3. The minimum atomic E-state index is -0.776. The summed E-state index contributed by atoms with van der Waals surface area (Å²) in [6.07, 6.45) is 2.46. The highest BCUT2D eigenvalue weighted by Crippen LogP contribution is 2.48. The van der Waals surface area contributed by atoms with Crippen molar-refractivity contribution in [2.24, 2.45) is 11.3 Å². The number of benzene rings is 1. The number of methoxy groups -OCH3 is 1. The van der Waals surface area contributed by atoms with Crippen molar-refractivity contribution in [3.8, 4) is 5.75 Å². The van der Waals surface area contributed by atoms with Gasteiger partial charge in [0.15, 0.2) is 0 Å². The zero-order chi connectivity index (χ0) is 17.3. The van der Waals surface area contributed by atoms with E-state index in [2.05, 4.69) is 5.32 Å². The molecule has 1 aromatic carbocycles. The maximum Gasteiger partial charge on any atom is 0.317 e. The summed E-state index contributed by atoms with van der Waals surface area (Å²) in [7, 11) is 1.55. The third-order valence-corrected chi connectivity index (χ3v) is 5.54. The highest BCUT2D eigenvalue weighted by atomic mass is 35.5. The molecule has 2 N–H and O–H groups in total. The quantitative estimate of drug-likeness (QED) is 0.873. The Bertz CT molecular complexity index is 666. The van der Waals surface area contributed by atoms with Crippen LogP contribution < -0.4 is 10.1 Å². The molecule has 2 atom stereocenters. The number of nitrogens with one attached hydrogen (secondary N) is 1. The van der Waals surface area contributed by atoms with Crippen molar-refractivity contribution < 1.29 is 19.4 Å². The van der Waals surface area contributed by atoms with Gasteiger partial charge in [0.1, 0.15) is 5.75 Å². The molecule has 7 heteroatoms. The maximum atomic E-state index is 12.4. The van der Waals surface area contributed by atoms with E-state index in [4.69, 9.17) is 16.3 Å². The van der Waals surface area contributed by atoms with Crippen molar-refractivity contribution in [1.29, 1.82) is 0 Å². The average molecular weight is 353 g/mol. The number of rotatable bonds is 4. The van der Waals surface area contributed by atoms with Gasteiger partial charge in [-0.3, -0.25) is 4.79 Å². The summed E-state index contributed by atoms with van der Waals surface area (Å²) < 4.78 is 5.10. The highest BCUT2D eigenvalue weighted by molar-refractivity contribution is 6.32. The van der Waals surface area contributed by atoms with Crippen LogP contribution in [0.15, 0.2) is 18.2 Å². The first kappa shape index (κ1) is 16.9. The van der Waals surface area contributed by atoms with Gasteiger partial charge in [0.25, 0.3) is 0 Å². The molecule has 1 saturated carbocycles. The summed E-state index contributed by atoms with van der Waals surface area (Å²) in [5.74, 6) is -0.124. The molecule has 6 nitrogen and oxygen atoms in total. The molecule has 24 heavy (non-hydrogen) atoms. The second-order valence-electron chi connectivity index (χ2n) is 6.56. The highest BCUT2D eigenvalue weighted by Gasteiger charge is 2.55. The summed E-state index contributed by atoms with van der Waals surface area (Å²) in [5, 5.41) is 12.9. The fraction of sp³-hybridized carbons (Fsp3) is 0.529. The number of likely N-dealkylation sites (tertiary alicyclic amines) is 1. The number of aliphatic carboxylic acids is 1. The summed E-state index contributed by atoms with van der Waals surface area (Å²) in [5.41, 5.74) is 0.113. The molecule has 1 aliphatic carbocycles. The number of ether oxygens (including phenoxy) is 1. The van der Waals surface area contributed by atoms with Gasteiger partial charge >= 0.3 is 12.0 Å². The lowest BCUT2D eigenvalue weighted by atomic mass is 9.81. The number of carboxylic acid groups (broad SMARTS) is 1. The molecule has 2 amide bonds. The van der Waals surface area contributed by atoms with Gasteiger partial charge in [0.2, 0.25) is 0 Å². The van der Waals surface area contributed by atoms with Crippen LogP contribution in [0.4, 0.5) is 4.79 Å². The number of hydrogen-bond donors (Lipinski definition) is 2. The third kappa shape index (κ3) is 2.90. The molecule has 3 rings (SSSR count). The van der Waals surface area contributed by atoms with Crippen molar-refractivity contribution in [2.45, 2.75) is 25.8 Å². The first-order valence-electron chi connectivity index (χ1n) is 8.05. The lowest BCUT2D eigenvalue weighted by Gasteiger charge is -2.23. The maximum absolute atomic E-state index is 12.4. The van der Waals surface area contributed by atoms with Gasteiger partial charge in [0, 0.05) is 19.6 Å². The number of amides is 2. The Labute approximate surface area is 145 Å². The van der Waals surface area contributed by atoms with E-state index in [9.17, 15) is 14.7 Å². The van der Waals surface area contributed by atoms with Crippen LogP contribution in [0.5, 0.6) is 5.75 Å². The summed E-state index contributed by atoms with van der Waals surface area (Å²) in [4.78, 5) is 25.7. The van der Waals surface area contributed by atoms with Crippen LogP contribution in [0, 0.1) is 11.3 Å². The Morgan fingerprint density at radius 1 is 1.50 bits per heavy atom. The molecule has 2 fully saturated rings. The van der Waals surface area contributed by atoms with Crippen molar-refractivity contribution >= 4 is 23.6 Å². The van der Waals surface area contributed by atoms with Gasteiger partial charge in [-0.15, -0.1) is 0 Å². The predicted octanol–water partition coefficient (Wildman–Crippen LogP) is 2.74. The molecule has 0 bridgehead atoms. The van der Waals surface area contributed by atoms with Crippen LogP contribution >= 0.6 is 11.6 Å². The van der Waals surface area contributed by atoms with Crippen LogP contribution in [-0.4, -0.2) is 42.2 Å². The second kappa shape index (κ2) is 6.51. The van der Waals surface area contributed by atoms with Gasteiger partial charge in [-0.2, -0.15) is 0 Å². The van der Waals surface area contributed by atoms with Gasteiger partial charge in [-0.1, -0.05) is 24.1 Å². The lowest BCUT2D eigenvalue weighted by Crippen LogP contribution is -2.41. The molecule has 0 spiro atoms. The third-order valence-electron chi connectivity index (χ3n) is 5.24. The van der Waals surface area contributed by atoms with E-state index in [1.54, 1.807) is 24.1 Å². The minimum absolute atomic E-state index is 0.0659. The molecule has 0 radical (unpaired) electrons. The molecule has 0 aromatic heterocycles. The Hall–Kier alpha value is -1.95. The Morgan fingerprint density at radius 2 is 2.29 bits per heavy atom.